The van der Waals surface area contributed by atoms with Gasteiger partial charge in [-0.25, -0.2) is 0 Å². The SMILES string of the molecule is CC.COC1=C(OC)CC=C(CCN)C=C1. The van der Waals surface area contributed by atoms with Gasteiger partial charge < -0.3 is 15.2 Å². The third-order valence-electron chi connectivity index (χ3n) is 2.17. The summed E-state index contributed by atoms with van der Waals surface area (Å²) in [5.74, 6) is 1.64. The lowest BCUT2D eigenvalue weighted by molar-refractivity contribution is 0.227. The van der Waals surface area contributed by atoms with Crippen molar-refractivity contribution in [2.75, 3.05) is 20.8 Å². The molecule has 0 radical (unpaired) electrons. The van der Waals surface area contributed by atoms with Crippen molar-refractivity contribution in [3.05, 3.63) is 35.3 Å². The molecule has 0 spiro atoms. The molecule has 1 rings (SSSR count). The normalized spacial score (nSPS) is 14.7. The van der Waals surface area contributed by atoms with Crippen molar-refractivity contribution in [1.29, 1.82) is 0 Å². The number of ether oxygens (including phenoxy) is 2. The van der Waals surface area contributed by atoms with Crippen LogP contribution in [0.3, 0.4) is 0 Å². The van der Waals surface area contributed by atoms with E-state index >= 15 is 0 Å². The predicted molar refractivity (Wildman–Crippen MR) is 67.9 cm³/mol. The van der Waals surface area contributed by atoms with Crippen molar-refractivity contribution in [2.24, 2.45) is 5.73 Å². The third-order valence-corrected chi connectivity index (χ3v) is 2.17. The van der Waals surface area contributed by atoms with Gasteiger partial charge >= 0.3 is 0 Å². The van der Waals surface area contributed by atoms with Gasteiger partial charge in [0.2, 0.25) is 0 Å². The van der Waals surface area contributed by atoms with Gasteiger partial charge in [0.15, 0.2) is 5.76 Å². The molecule has 0 aromatic rings. The highest BCUT2D eigenvalue weighted by molar-refractivity contribution is 5.31. The molecule has 1 aliphatic rings. The van der Waals surface area contributed by atoms with E-state index in [2.05, 4.69) is 6.08 Å². The number of methoxy groups -OCH3 is 2. The van der Waals surface area contributed by atoms with Crippen LogP contribution in [0.2, 0.25) is 0 Å². The summed E-state index contributed by atoms with van der Waals surface area (Å²) in [6, 6.07) is 0. The van der Waals surface area contributed by atoms with Crippen molar-refractivity contribution < 1.29 is 9.47 Å². The highest BCUT2D eigenvalue weighted by Crippen LogP contribution is 2.19. The summed E-state index contributed by atoms with van der Waals surface area (Å²) in [5.41, 5.74) is 6.72. The first kappa shape index (κ1) is 14.8. The maximum Gasteiger partial charge on any atom is 0.156 e. The summed E-state index contributed by atoms with van der Waals surface area (Å²) in [6.07, 6.45) is 7.73. The lowest BCUT2D eigenvalue weighted by Crippen LogP contribution is -1.98. The number of nitrogens with two attached hydrogens (primary N) is 1. The van der Waals surface area contributed by atoms with Gasteiger partial charge in [-0.05, 0) is 19.0 Å². The fourth-order valence-electron chi connectivity index (χ4n) is 1.39. The van der Waals surface area contributed by atoms with Gasteiger partial charge in [0, 0.05) is 6.42 Å². The van der Waals surface area contributed by atoms with Crippen LogP contribution in [0.1, 0.15) is 26.7 Å². The topological polar surface area (TPSA) is 44.5 Å². The molecule has 2 N–H and O–H groups in total. The minimum absolute atomic E-state index is 0.667. The highest BCUT2D eigenvalue weighted by Gasteiger charge is 2.07. The standard InChI is InChI=1S/C11H17NO2.C2H6/c1-13-10-5-3-9(7-8-12)4-6-11(10)14-2;1-2/h3-5H,6-8,12H2,1-2H3;1-2H3. The molecule has 0 aliphatic heterocycles. The molecule has 16 heavy (non-hydrogen) atoms. The van der Waals surface area contributed by atoms with Gasteiger partial charge in [0.05, 0.1) is 14.2 Å². The Morgan fingerprint density at radius 3 is 2.38 bits per heavy atom. The van der Waals surface area contributed by atoms with Gasteiger partial charge in [0.1, 0.15) is 5.76 Å². The zero-order valence-corrected chi connectivity index (χ0v) is 10.7. The maximum atomic E-state index is 5.49. The first-order chi connectivity index (χ1) is 7.81. The molecule has 0 atom stereocenters. The molecule has 0 amide bonds. The predicted octanol–water partition coefficient (Wildman–Crippen LogP) is 2.75. The molecule has 0 saturated carbocycles. The molecule has 1 aliphatic carbocycles. The summed E-state index contributed by atoms with van der Waals surface area (Å²) < 4.78 is 10.4. The Bertz CT molecular complexity index is 278. The molecule has 0 unspecified atom stereocenters. The van der Waals surface area contributed by atoms with Gasteiger partial charge in [0.25, 0.3) is 0 Å². The van der Waals surface area contributed by atoms with Crippen LogP contribution in [0, 0.1) is 0 Å². The summed E-state index contributed by atoms with van der Waals surface area (Å²) in [6.45, 7) is 4.67. The quantitative estimate of drug-likeness (QED) is 0.800. The Morgan fingerprint density at radius 2 is 1.88 bits per heavy atom. The second kappa shape index (κ2) is 9.04. The molecule has 0 bridgehead atoms. The molecule has 0 saturated heterocycles. The van der Waals surface area contributed by atoms with Crippen molar-refractivity contribution >= 4 is 0 Å². The molecule has 0 aromatic heterocycles. The van der Waals surface area contributed by atoms with Crippen LogP contribution in [0.4, 0.5) is 0 Å². The molecule has 0 fully saturated rings. The molecule has 92 valence electrons. The molecule has 3 heteroatoms. The van der Waals surface area contributed by atoms with Crippen LogP contribution < -0.4 is 5.73 Å². The monoisotopic (exact) mass is 225 g/mol. The van der Waals surface area contributed by atoms with Crippen LogP contribution in [-0.4, -0.2) is 20.8 Å². The number of hydrogen-bond acceptors (Lipinski definition) is 3. The largest absolute Gasteiger partial charge is 0.497 e. The first-order valence-electron chi connectivity index (χ1n) is 5.70. The van der Waals surface area contributed by atoms with E-state index in [0.717, 1.165) is 24.4 Å². The maximum absolute atomic E-state index is 5.49. The van der Waals surface area contributed by atoms with Crippen LogP contribution in [0.25, 0.3) is 0 Å². The second-order valence-corrected chi connectivity index (χ2v) is 3.05. The Morgan fingerprint density at radius 1 is 1.19 bits per heavy atom. The summed E-state index contributed by atoms with van der Waals surface area (Å²) in [5, 5.41) is 0. The van der Waals surface area contributed by atoms with Gasteiger partial charge in [-0.1, -0.05) is 31.6 Å². The summed E-state index contributed by atoms with van der Waals surface area (Å²) in [7, 11) is 3.30. The fourth-order valence-corrected chi connectivity index (χ4v) is 1.39. The van der Waals surface area contributed by atoms with Gasteiger partial charge in [-0.15, -0.1) is 0 Å². The van der Waals surface area contributed by atoms with Gasteiger partial charge in [-0.2, -0.15) is 0 Å². The lowest BCUT2D eigenvalue weighted by Gasteiger charge is -2.06. The van der Waals surface area contributed by atoms with Gasteiger partial charge in [-0.3, -0.25) is 0 Å². The van der Waals surface area contributed by atoms with E-state index in [9.17, 15) is 0 Å². The van der Waals surface area contributed by atoms with E-state index in [-0.39, 0.29) is 0 Å². The molecule has 0 heterocycles. The van der Waals surface area contributed by atoms with Crippen molar-refractivity contribution in [2.45, 2.75) is 26.7 Å². The van der Waals surface area contributed by atoms with Crippen LogP contribution in [0.15, 0.2) is 35.3 Å². The minimum Gasteiger partial charge on any atom is -0.497 e. The fraction of sp³-hybridized carbons (Fsp3) is 0.538. The Hall–Kier alpha value is -1.22. The zero-order chi connectivity index (χ0) is 12.4. The third kappa shape index (κ3) is 4.53. The molecular formula is C13H23NO2. The lowest BCUT2D eigenvalue weighted by atomic mass is 10.1. The molecule has 0 aromatic carbocycles. The number of allylic oxidation sites excluding steroid dienone is 3. The summed E-state index contributed by atoms with van der Waals surface area (Å²) >= 11 is 0. The Labute approximate surface area is 98.6 Å². The molecule has 3 nitrogen and oxygen atoms in total. The van der Waals surface area contributed by atoms with E-state index in [1.165, 1.54) is 5.57 Å². The average Bonchev–Trinajstić information content (AvgIpc) is 2.54. The van der Waals surface area contributed by atoms with Crippen molar-refractivity contribution in [1.82, 2.24) is 0 Å². The summed E-state index contributed by atoms with van der Waals surface area (Å²) in [4.78, 5) is 0. The van der Waals surface area contributed by atoms with E-state index < -0.39 is 0 Å². The highest BCUT2D eigenvalue weighted by atomic mass is 16.5. The Kier molecular flexibility index (Phi) is 8.35. The van der Waals surface area contributed by atoms with Crippen molar-refractivity contribution in [3.63, 3.8) is 0 Å². The van der Waals surface area contributed by atoms with Crippen LogP contribution in [-0.2, 0) is 9.47 Å². The van der Waals surface area contributed by atoms with E-state index in [1.807, 2.05) is 26.0 Å². The van der Waals surface area contributed by atoms with Crippen LogP contribution >= 0.6 is 0 Å². The van der Waals surface area contributed by atoms with E-state index in [0.29, 0.717) is 6.54 Å². The van der Waals surface area contributed by atoms with Crippen molar-refractivity contribution in [3.8, 4) is 0 Å². The average molecular weight is 225 g/mol. The smallest absolute Gasteiger partial charge is 0.156 e. The van der Waals surface area contributed by atoms with E-state index in [4.69, 9.17) is 15.2 Å². The van der Waals surface area contributed by atoms with E-state index in [1.54, 1.807) is 14.2 Å². The Balaban J connectivity index is 0.00000106. The van der Waals surface area contributed by atoms with Crippen LogP contribution in [0.5, 0.6) is 0 Å². The number of hydrogen-bond donors (Lipinski definition) is 1. The zero-order valence-electron chi connectivity index (χ0n) is 10.7. The first-order valence-corrected chi connectivity index (χ1v) is 5.70. The number of rotatable bonds is 4. The second-order valence-electron chi connectivity index (χ2n) is 3.05. The molecular weight excluding hydrogens is 202 g/mol. The minimum atomic E-state index is 0.667.